The standard InChI is InChI=1S/C18H23ClN4O.HI/c1-20-18(22-11-9-15-4-3-10-21-14-15)23(2)12-13-24-17-7-5-16(19)6-8-17;/h3-8,10,14H,9,11-13H2,1-2H3,(H,20,22);1H. The van der Waals surface area contributed by atoms with Crippen molar-refractivity contribution in [2.45, 2.75) is 6.42 Å². The topological polar surface area (TPSA) is 49.8 Å². The molecule has 0 atom stereocenters. The van der Waals surface area contributed by atoms with Gasteiger partial charge in [-0.1, -0.05) is 17.7 Å². The smallest absolute Gasteiger partial charge is 0.193 e. The molecule has 1 N–H and O–H groups in total. The molecule has 136 valence electrons. The fourth-order valence-corrected chi connectivity index (χ4v) is 2.31. The first-order valence-corrected chi connectivity index (χ1v) is 8.26. The van der Waals surface area contributed by atoms with Crippen molar-refractivity contribution in [1.29, 1.82) is 0 Å². The monoisotopic (exact) mass is 474 g/mol. The Morgan fingerprint density at radius 2 is 2.04 bits per heavy atom. The summed E-state index contributed by atoms with van der Waals surface area (Å²) in [5.41, 5.74) is 1.20. The van der Waals surface area contributed by atoms with Crippen LogP contribution in [-0.2, 0) is 6.42 Å². The molecule has 0 fully saturated rings. The molecule has 0 saturated carbocycles. The van der Waals surface area contributed by atoms with Crippen LogP contribution >= 0.6 is 35.6 Å². The van der Waals surface area contributed by atoms with Crippen LogP contribution in [0.2, 0.25) is 5.02 Å². The average molecular weight is 475 g/mol. The van der Waals surface area contributed by atoms with Crippen molar-refractivity contribution < 1.29 is 4.74 Å². The van der Waals surface area contributed by atoms with Gasteiger partial charge in [-0.05, 0) is 42.3 Å². The predicted molar refractivity (Wildman–Crippen MR) is 114 cm³/mol. The lowest BCUT2D eigenvalue weighted by Crippen LogP contribution is -2.41. The maximum absolute atomic E-state index is 5.86. The molecule has 1 aromatic carbocycles. The van der Waals surface area contributed by atoms with Crippen LogP contribution in [0.25, 0.3) is 0 Å². The number of hydrogen-bond acceptors (Lipinski definition) is 3. The number of nitrogens with zero attached hydrogens (tertiary/aromatic N) is 3. The molecule has 0 unspecified atom stereocenters. The SMILES string of the molecule is CN=C(NCCc1cccnc1)N(C)CCOc1ccc(Cl)cc1.I. The number of aliphatic imine (C=N–C) groups is 1. The molecule has 25 heavy (non-hydrogen) atoms. The van der Waals surface area contributed by atoms with Crippen molar-refractivity contribution in [2.75, 3.05) is 33.8 Å². The minimum atomic E-state index is 0. The summed E-state index contributed by atoms with van der Waals surface area (Å²) in [6.07, 6.45) is 4.57. The van der Waals surface area contributed by atoms with Crippen LogP contribution in [0.5, 0.6) is 5.75 Å². The summed E-state index contributed by atoms with van der Waals surface area (Å²) in [6, 6.07) is 11.4. The molecule has 0 amide bonds. The van der Waals surface area contributed by atoms with E-state index in [1.807, 2.05) is 48.5 Å². The van der Waals surface area contributed by atoms with Crippen molar-refractivity contribution in [3.63, 3.8) is 0 Å². The van der Waals surface area contributed by atoms with Crippen LogP contribution in [0.15, 0.2) is 53.8 Å². The molecule has 2 rings (SSSR count). The van der Waals surface area contributed by atoms with E-state index in [0.29, 0.717) is 11.6 Å². The van der Waals surface area contributed by atoms with Gasteiger partial charge in [-0.2, -0.15) is 0 Å². The van der Waals surface area contributed by atoms with Crippen molar-refractivity contribution in [3.8, 4) is 5.75 Å². The van der Waals surface area contributed by atoms with Gasteiger partial charge in [-0.3, -0.25) is 9.98 Å². The Bertz CT molecular complexity index is 637. The molecular formula is C18H24ClIN4O. The second-order valence-corrected chi connectivity index (χ2v) is 5.75. The van der Waals surface area contributed by atoms with Gasteiger partial charge in [0.05, 0.1) is 6.54 Å². The summed E-state index contributed by atoms with van der Waals surface area (Å²) < 4.78 is 5.71. The number of guanidine groups is 1. The number of aromatic nitrogens is 1. The van der Waals surface area contributed by atoms with Crippen molar-refractivity contribution >= 4 is 41.5 Å². The quantitative estimate of drug-likeness (QED) is 0.379. The van der Waals surface area contributed by atoms with Gasteiger partial charge in [0.1, 0.15) is 12.4 Å². The zero-order chi connectivity index (χ0) is 17.2. The summed E-state index contributed by atoms with van der Waals surface area (Å²) in [4.78, 5) is 10.5. The largest absolute Gasteiger partial charge is 0.492 e. The first-order valence-electron chi connectivity index (χ1n) is 7.88. The number of ether oxygens (including phenoxy) is 1. The molecule has 2 aromatic rings. The molecule has 0 spiro atoms. The summed E-state index contributed by atoms with van der Waals surface area (Å²) in [7, 11) is 3.77. The molecule has 7 heteroatoms. The van der Waals surface area contributed by atoms with Gasteiger partial charge in [-0.15, -0.1) is 24.0 Å². The van der Waals surface area contributed by atoms with E-state index in [1.54, 1.807) is 13.2 Å². The summed E-state index contributed by atoms with van der Waals surface area (Å²) >= 11 is 5.86. The van der Waals surface area contributed by atoms with Crippen molar-refractivity contribution in [1.82, 2.24) is 15.2 Å². The van der Waals surface area contributed by atoms with Crippen molar-refractivity contribution in [3.05, 3.63) is 59.4 Å². The summed E-state index contributed by atoms with van der Waals surface area (Å²) in [5.74, 6) is 1.66. The predicted octanol–water partition coefficient (Wildman–Crippen LogP) is 3.48. The third kappa shape index (κ3) is 7.92. The van der Waals surface area contributed by atoms with Crippen LogP contribution in [0.4, 0.5) is 0 Å². The van der Waals surface area contributed by atoms with Gasteiger partial charge < -0.3 is 15.0 Å². The molecule has 0 radical (unpaired) electrons. The third-order valence-corrected chi connectivity index (χ3v) is 3.75. The molecule has 0 aliphatic rings. The van der Waals surface area contributed by atoms with Crippen LogP contribution in [-0.4, -0.2) is 49.6 Å². The van der Waals surface area contributed by atoms with E-state index in [2.05, 4.69) is 21.4 Å². The van der Waals surface area contributed by atoms with E-state index in [-0.39, 0.29) is 24.0 Å². The molecule has 0 aliphatic heterocycles. The number of likely N-dealkylation sites (N-methyl/N-ethyl adjacent to an activating group) is 1. The first-order chi connectivity index (χ1) is 11.7. The van der Waals surface area contributed by atoms with E-state index >= 15 is 0 Å². The van der Waals surface area contributed by atoms with E-state index in [0.717, 1.165) is 31.2 Å². The number of pyridine rings is 1. The maximum atomic E-state index is 5.86. The van der Waals surface area contributed by atoms with E-state index < -0.39 is 0 Å². The van der Waals surface area contributed by atoms with Gasteiger partial charge >= 0.3 is 0 Å². The molecule has 0 aliphatic carbocycles. The number of benzene rings is 1. The minimum Gasteiger partial charge on any atom is -0.492 e. The fourth-order valence-electron chi connectivity index (χ4n) is 2.19. The number of nitrogens with one attached hydrogen (secondary N) is 1. The van der Waals surface area contributed by atoms with Gasteiger partial charge in [0, 0.05) is 38.1 Å². The molecule has 5 nitrogen and oxygen atoms in total. The van der Waals surface area contributed by atoms with Crippen LogP contribution < -0.4 is 10.1 Å². The lowest BCUT2D eigenvalue weighted by Gasteiger charge is -2.22. The molecule has 0 bridgehead atoms. The Kier molecular flexibility index (Phi) is 10.3. The Morgan fingerprint density at radius 1 is 1.28 bits per heavy atom. The zero-order valence-electron chi connectivity index (χ0n) is 14.5. The Hall–Kier alpha value is -1.54. The Labute approximate surface area is 171 Å². The molecule has 0 saturated heterocycles. The lowest BCUT2D eigenvalue weighted by molar-refractivity contribution is 0.281. The van der Waals surface area contributed by atoms with E-state index in [1.165, 1.54) is 5.56 Å². The Balaban J connectivity index is 0.00000312. The van der Waals surface area contributed by atoms with Crippen LogP contribution in [0.3, 0.4) is 0 Å². The zero-order valence-corrected chi connectivity index (χ0v) is 17.6. The van der Waals surface area contributed by atoms with Gasteiger partial charge in [-0.25, -0.2) is 0 Å². The molecule has 1 heterocycles. The second kappa shape index (κ2) is 11.9. The molecular weight excluding hydrogens is 451 g/mol. The first kappa shape index (κ1) is 21.5. The highest BCUT2D eigenvalue weighted by atomic mass is 127. The van der Waals surface area contributed by atoms with E-state index in [9.17, 15) is 0 Å². The van der Waals surface area contributed by atoms with Crippen LogP contribution in [0.1, 0.15) is 5.56 Å². The number of halogens is 2. The van der Waals surface area contributed by atoms with E-state index in [4.69, 9.17) is 16.3 Å². The van der Waals surface area contributed by atoms with Crippen LogP contribution in [0, 0.1) is 0 Å². The van der Waals surface area contributed by atoms with Gasteiger partial charge in [0.25, 0.3) is 0 Å². The van der Waals surface area contributed by atoms with Crippen molar-refractivity contribution in [2.24, 2.45) is 4.99 Å². The van der Waals surface area contributed by atoms with Gasteiger partial charge in [0.2, 0.25) is 0 Å². The molecule has 1 aromatic heterocycles. The fraction of sp³-hybridized carbons (Fsp3) is 0.333. The number of hydrogen-bond donors (Lipinski definition) is 1. The third-order valence-electron chi connectivity index (χ3n) is 3.50. The highest BCUT2D eigenvalue weighted by molar-refractivity contribution is 14.0. The lowest BCUT2D eigenvalue weighted by atomic mass is 10.2. The Morgan fingerprint density at radius 3 is 2.68 bits per heavy atom. The second-order valence-electron chi connectivity index (χ2n) is 5.31. The number of rotatable bonds is 7. The highest BCUT2D eigenvalue weighted by Gasteiger charge is 2.05. The van der Waals surface area contributed by atoms with Gasteiger partial charge in [0.15, 0.2) is 5.96 Å². The minimum absolute atomic E-state index is 0. The average Bonchev–Trinajstić information content (AvgIpc) is 2.61. The maximum Gasteiger partial charge on any atom is 0.193 e. The highest BCUT2D eigenvalue weighted by Crippen LogP contribution is 2.15. The summed E-state index contributed by atoms with van der Waals surface area (Å²) in [5, 5.41) is 4.06. The summed E-state index contributed by atoms with van der Waals surface area (Å²) in [6.45, 7) is 2.11. The normalized spacial score (nSPS) is 10.8.